The van der Waals surface area contributed by atoms with Gasteiger partial charge in [0.25, 0.3) is 0 Å². The van der Waals surface area contributed by atoms with Gasteiger partial charge in [-0.1, -0.05) is 0 Å². The van der Waals surface area contributed by atoms with Gasteiger partial charge in [-0.3, -0.25) is 14.9 Å². The van der Waals surface area contributed by atoms with Gasteiger partial charge < -0.3 is 10.8 Å². The monoisotopic (exact) mass is 283 g/mol. The van der Waals surface area contributed by atoms with Crippen LogP contribution in [0.25, 0.3) is 0 Å². The molecule has 0 amide bonds. The molecule has 19 heavy (non-hydrogen) atoms. The molecule has 1 aliphatic carbocycles. The van der Waals surface area contributed by atoms with E-state index in [1.807, 2.05) is 0 Å². The Hall–Kier alpha value is -1.83. The molecular weight excluding hydrogens is 270 g/mol. The Labute approximate surface area is 113 Å². The van der Waals surface area contributed by atoms with Crippen molar-refractivity contribution in [3.63, 3.8) is 0 Å². The molecule has 1 aliphatic rings. The Morgan fingerprint density at radius 1 is 1.58 bits per heavy atom. The van der Waals surface area contributed by atoms with Crippen LogP contribution < -0.4 is 5.73 Å². The molecule has 0 aromatic carbocycles. The number of hydrogen-bond acceptors (Lipinski definition) is 6. The number of rotatable bonds is 6. The topological polar surface area (TPSA) is 119 Å². The highest BCUT2D eigenvalue weighted by Gasteiger charge is 2.44. The number of nitrogens with two attached hydrogens (primary N) is 1. The molecule has 0 atom stereocenters. The van der Waals surface area contributed by atoms with Crippen LogP contribution in [0.3, 0.4) is 0 Å². The molecule has 0 bridgehead atoms. The first-order valence-electron chi connectivity index (χ1n) is 5.67. The van der Waals surface area contributed by atoms with Crippen LogP contribution >= 0.6 is 11.8 Å². The van der Waals surface area contributed by atoms with E-state index in [1.165, 1.54) is 23.9 Å². The zero-order valence-corrected chi connectivity index (χ0v) is 10.9. The average molecular weight is 283 g/mol. The van der Waals surface area contributed by atoms with Gasteiger partial charge in [-0.2, -0.15) is 0 Å². The second kappa shape index (κ2) is 5.04. The van der Waals surface area contributed by atoms with Crippen LogP contribution in [0.1, 0.15) is 19.3 Å². The molecule has 1 heterocycles. The maximum Gasteiger partial charge on any atom is 0.311 e. The summed E-state index contributed by atoms with van der Waals surface area (Å²) in [6.07, 6.45) is 1.95. The van der Waals surface area contributed by atoms with E-state index in [0.29, 0.717) is 10.8 Å². The predicted octanol–water partition coefficient (Wildman–Crippen LogP) is 1.92. The Morgan fingerprint density at radius 3 is 2.74 bits per heavy atom. The molecule has 1 saturated carbocycles. The van der Waals surface area contributed by atoms with E-state index < -0.39 is 10.9 Å². The van der Waals surface area contributed by atoms with Crippen molar-refractivity contribution in [1.82, 2.24) is 4.98 Å². The van der Waals surface area contributed by atoms with Gasteiger partial charge in [-0.25, -0.2) is 4.98 Å². The minimum Gasteiger partial charge on any atom is -0.481 e. The van der Waals surface area contributed by atoms with Crippen molar-refractivity contribution in [1.29, 1.82) is 0 Å². The van der Waals surface area contributed by atoms with Gasteiger partial charge in [0.1, 0.15) is 0 Å². The van der Waals surface area contributed by atoms with Gasteiger partial charge in [0.05, 0.1) is 16.4 Å². The first kappa shape index (κ1) is 13.6. The van der Waals surface area contributed by atoms with Gasteiger partial charge in [0, 0.05) is 11.8 Å². The van der Waals surface area contributed by atoms with E-state index in [1.54, 1.807) is 0 Å². The second-order valence-electron chi connectivity index (χ2n) is 4.67. The summed E-state index contributed by atoms with van der Waals surface area (Å²) in [6.45, 7) is 0. The fourth-order valence-electron chi connectivity index (χ4n) is 1.78. The number of carboxylic acid groups (broad SMARTS) is 1. The zero-order chi connectivity index (χ0) is 14.0. The highest BCUT2D eigenvalue weighted by Crippen LogP contribution is 2.51. The van der Waals surface area contributed by atoms with Gasteiger partial charge in [0.2, 0.25) is 5.82 Å². The highest BCUT2D eigenvalue weighted by molar-refractivity contribution is 7.99. The van der Waals surface area contributed by atoms with E-state index in [4.69, 9.17) is 10.8 Å². The maximum absolute atomic E-state index is 10.7. The van der Waals surface area contributed by atoms with Gasteiger partial charge >= 0.3 is 11.7 Å². The average Bonchev–Trinajstić information content (AvgIpc) is 3.05. The normalized spacial score (nSPS) is 16.0. The van der Waals surface area contributed by atoms with Crippen molar-refractivity contribution in [2.45, 2.75) is 24.3 Å². The molecule has 0 unspecified atom stereocenters. The molecular formula is C11H13N3O4S. The molecule has 8 heteroatoms. The van der Waals surface area contributed by atoms with Crippen LogP contribution in [-0.2, 0) is 4.79 Å². The smallest absolute Gasteiger partial charge is 0.311 e. The minimum absolute atomic E-state index is 0.113. The first-order valence-corrected chi connectivity index (χ1v) is 6.66. The van der Waals surface area contributed by atoms with Crippen molar-refractivity contribution in [3.05, 3.63) is 22.2 Å². The fraction of sp³-hybridized carbons (Fsp3) is 0.455. The Kier molecular flexibility index (Phi) is 3.61. The molecule has 2 rings (SSSR count). The number of hydrogen-bond donors (Lipinski definition) is 2. The molecule has 1 aromatic heterocycles. The number of nitro groups is 1. The van der Waals surface area contributed by atoms with E-state index in [2.05, 4.69) is 4.98 Å². The summed E-state index contributed by atoms with van der Waals surface area (Å²) in [5, 5.41) is 20.0. The zero-order valence-electron chi connectivity index (χ0n) is 10.0. The lowest BCUT2D eigenvalue weighted by Crippen LogP contribution is -2.11. The van der Waals surface area contributed by atoms with Crippen molar-refractivity contribution in [2.75, 3.05) is 11.5 Å². The summed E-state index contributed by atoms with van der Waals surface area (Å²) in [5.74, 6) is -0.267. The number of anilines is 1. The van der Waals surface area contributed by atoms with Crippen LogP contribution in [0.15, 0.2) is 17.2 Å². The molecule has 0 spiro atoms. The molecule has 0 radical (unpaired) electrons. The van der Waals surface area contributed by atoms with Crippen molar-refractivity contribution in [3.8, 4) is 0 Å². The quantitative estimate of drug-likeness (QED) is 0.465. The third-order valence-corrected chi connectivity index (χ3v) is 4.36. The number of carbonyl (C=O) groups is 1. The van der Waals surface area contributed by atoms with E-state index in [9.17, 15) is 14.9 Å². The molecule has 7 nitrogen and oxygen atoms in total. The molecule has 0 saturated heterocycles. The lowest BCUT2D eigenvalue weighted by Gasteiger charge is -2.11. The van der Waals surface area contributed by atoms with E-state index in [0.717, 1.165) is 12.8 Å². The molecule has 102 valence electrons. The number of nitrogen functional groups attached to an aromatic ring is 1. The SMILES string of the molecule is Nc1nc(SCC2(CC(=O)O)CC2)ccc1[N+](=O)[O-]. The van der Waals surface area contributed by atoms with Gasteiger partial charge in [-0.15, -0.1) is 11.8 Å². The maximum atomic E-state index is 10.7. The van der Waals surface area contributed by atoms with Gasteiger partial charge in [-0.05, 0) is 24.3 Å². The van der Waals surface area contributed by atoms with Crippen LogP contribution in [-0.4, -0.2) is 26.7 Å². The molecule has 0 aliphatic heterocycles. The highest BCUT2D eigenvalue weighted by atomic mass is 32.2. The Balaban J connectivity index is 1.99. The summed E-state index contributed by atoms with van der Waals surface area (Å²) in [6, 6.07) is 2.86. The van der Waals surface area contributed by atoms with Gasteiger partial charge in [0.15, 0.2) is 0 Å². The van der Waals surface area contributed by atoms with Crippen LogP contribution in [0.2, 0.25) is 0 Å². The van der Waals surface area contributed by atoms with Crippen LogP contribution in [0.5, 0.6) is 0 Å². The standard InChI is InChI=1S/C11H13N3O4S/c12-10-7(14(17)18)1-2-8(13-10)19-6-11(3-4-11)5-9(15)16/h1-2H,3-6H2,(H2,12,13)(H,15,16). The summed E-state index contributed by atoms with van der Waals surface area (Å²) in [7, 11) is 0. The third kappa shape index (κ3) is 3.34. The largest absolute Gasteiger partial charge is 0.481 e. The lowest BCUT2D eigenvalue weighted by molar-refractivity contribution is -0.384. The number of thioether (sulfide) groups is 1. The summed E-state index contributed by atoms with van der Waals surface area (Å²) in [4.78, 5) is 24.7. The van der Waals surface area contributed by atoms with Crippen molar-refractivity contribution < 1.29 is 14.8 Å². The Bertz CT molecular complexity index is 531. The summed E-state index contributed by atoms with van der Waals surface area (Å²) >= 11 is 1.39. The number of nitrogens with zero attached hydrogens (tertiary/aromatic N) is 2. The van der Waals surface area contributed by atoms with Crippen molar-refractivity contribution in [2.24, 2.45) is 5.41 Å². The molecule has 1 fully saturated rings. The van der Waals surface area contributed by atoms with Crippen molar-refractivity contribution >= 4 is 29.2 Å². The summed E-state index contributed by atoms with van der Waals surface area (Å²) in [5.41, 5.74) is 5.14. The first-order chi connectivity index (χ1) is 8.92. The number of aromatic nitrogens is 1. The van der Waals surface area contributed by atoms with Crippen LogP contribution in [0, 0.1) is 15.5 Å². The predicted molar refractivity (Wildman–Crippen MR) is 69.9 cm³/mol. The molecule has 1 aromatic rings. The van der Waals surface area contributed by atoms with E-state index >= 15 is 0 Å². The Morgan fingerprint density at radius 2 is 2.26 bits per heavy atom. The number of aliphatic carboxylic acids is 1. The van der Waals surface area contributed by atoms with E-state index in [-0.39, 0.29) is 23.3 Å². The number of carboxylic acids is 1. The second-order valence-corrected chi connectivity index (χ2v) is 5.67. The summed E-state index contributed by atoms with van der Waals surface area (Å²) < 4.78 is 0. The minimum atomic E-state index is -0.797. The third-order valence-electron chi connectivity index (χ3n) is 3.08. The fourth-order valence-corrected chi connectivity index (χ4v) is 2.95. The molecule has 3 N–H and O–H groups in total. The van der Waals surface area contributed by atoms with Crippen LogP contribution in [0.4, 0.5) is 11.5 Å². The lowest BCUT2D eigenvalue weighted by atomic mass is 10.1. The number of pyridine rings is 1.